The van der Waals surface area contributed by atoms with Crippen LogP contribution in [0.1, 0.15) is 44.6 Å². The Kier molecular flexibility index (Phi) is 3.77. The van der Waals surface area contributed by atoms with Crippen molar-refractivity contribution in [1.29, 1.82) is 0 Å². The second kappa shape index (κ2) is 5.13. The van der Waals surface area contributed by atoms with Crippen molar-refractivity contribution in [2.45, 2.75) is 44.9 Å². The molecule has 17 heavy (non-hydrogen) atoms. The Morgan fingerprint density at radius 3 is 2.71 bits per heavy atom. The van der Waals surface area contributed by atoms with Crippen LogP contribution in [0.3, 0.4) is 0 Å². The Morgan fingerprint density at radius 1 is 1.41 bits per heavy atom. The molecule has 3 heteroatoms. The summed E-state index contributed by atoms with van der Waals surface area (Å²) in [7, 11) is 2.01. The van der Waals surface area contributed by atoms with Gasteiger partial charge >= 0.3 is 0 Å². The monoisotopic (exact) mass is 233 g/mol. The van der Waals surface area contributed by atoms with E-state index in [2.05, 4.69) is 30.2 Å². The summed E-state index contributed by atoms with van der Waals surface area (Å²) in [6, 6.07) is 2.05. The summed E-state index contributed by atoms with van der Waals surface area (Å²) < 4.78 is 0. The minimum absolute atomic E-state index is 0.210. The zero-order valence-corrected chi connectivity index (χ0v) is 11.2. The van der Waals surface area contributed by atoms with E-state index in [4.69, 9.17) is 4.98 Å². The van der Waals surface area contributed by atoms with Crippen molar-refractivity contribution < 1.29 is 0 Å². The van der Waals surface area contributed by atoms with E-state index < -0.39 is 0 Å². The number of hydrogen-bond donors (Lipinski definition) is 1. The van der Waals surface area contributed by atoms with Gasteiger partial charge in [0.1, 0.15) is 5.82 Å². The lowest BCUT2D eigenvalue weighted by Gasteiger charge is -2.40. The average molecular weight is 233 g/mol. The SMILES string of the molecule is CNCC1(c2nccc(CC(C)C)n2)CCC1. The highest BCUT2D eigenvalue weighted by atomic mass is 14.9. The Bertz CT molecular complexity index is 369. The number of nitrogens with one attached hydrogen (secondary N) is 1. The van der Waals surface area contributed by atoms with Crippen molar-refractivity contribution in [2.75, 3.05) is 13.6 Å². The van der Waals surface area contributed by atoms with Crippen LogP contribution < -0.4 is 5.32 Å². The molecule has 1 fully saturated rings. The fourth-order valence-corrected chi connectivity index (χ4v) is 2.60. The van der Waals surface area contributed by atoms with E-state index in [1.54, 1.807) is 0 Å². The van der Waals surface area contributed by atoms with Gasteiger partial charge in [-0.25, -0.2) is 9.97 Å². The molecule has 0 radical (unpaired) electrons. The summed E-state index contributed by atoms with van der Waals surface area (Å²) in [4.78, 5) is 9.28. The number of hydrogen-bond acceptors (Lipinski definition) is 3. The van der Waals surface area contributed by atoms with Crippen molar-refractivity contribution in [3.05, 3.63) is 23.8 Å². The lowest BCUT2D eigenvalue weighted by molar-refractivity contribution is 0.224. The molecule has 1 aromatic heterocycles. The summed E-state index contributed by atoms with van der Waals surface area (Å²) in [6.45, 7) is 5.46. The third kappa shape index (κ3) is 2.65. The minimum Gasteiger partial charge on any atom is -0.319 e. The molecule has 3 nitrogen and oxygen atoms in total. The molecular weight excluding hydrogens is 210 g/mol. The summed E-state index contributed by atoms with van der Waals surface area (Å²) in [5.74, 6) is 1.70. The number of nitrogens with zero attached hydrogens (tertiary/aromatic N) is 2. The first kappa shape index (κ1) is 12.5. The summed E-state index contributed by atoms with van der Waals surface area (Å²) in [6.07, 6.45) is 6.72. The van der Waals surface area contributed by atoms with Crippen LogP contribution in [0.25, 0.3) is 0 Å². The molecule has 0 amide bonds. The summed E-state index contributed by atoms with van der Waals surface area (Å²) >= 11 is 0. The molecule has 0 atom stereocenters. The van der Waals surface area contributed by atoms with E-state index in [9.17, 15) is 0 Å². The third-order valence-corrected chi connectivity index (χ3v) is 3.63. The van der Waals surface area contributed by atoms with E-state index in [0.717, 1.165) is 18.8 Å². The first-order chi connectivity index (χ1) is 8.16. The van der Waals surface area contributed by atoms with Gasteiger partial charge in [-0.3, -0.25) is 0 Å². The Balaban J connectivity index is 2.19. The first-order valence-electron chi connectivity index (χ1n) is 6.63. The maximum atomic E-state index is 4.77. The van der Waals surface area contributed by atoms with Crippen LogP contribution in [-0.2, 0) is 11.8 Å². The lowest BCUT2D eigenvalue weighted by Crippen LogP contribution is -2.44. The van der Waals surface area contributed by atoms with Crippen LogP contribution in [0.5, 0.6) is 0 Å². The van der Waals surface area contributed by atoms with E-state index in [0.29, 0.717) is 5.92 Å². The van der Waals surface area contributed by atoms with Crippen LogP contribution in [-0.4, -0.2) is 23.6 Å². The van der Waals surface area contributed by atoms with Crippen molar-refractivity contribution in [1.82, 2.24) is 15.3 Å². The van der Waals surface area contributed by atoms with Crippen LogP contribution in [0, 0.1) is 5.92 Å². The van der Waals surface area contributed by atoms with Gasteiger partial charge in [0.25, 0.3) is 0 Å². The molecule has 0 saturated heterocycles. The molecule has 2 rings (SSSR count). The number of rotatable bonds is 5. The van der Waals surface area contributed by atoms with E-state index in [-0.39, 0.29) is 5.41 Å². The van der Waals surface area contributed by atoms with Crippen LogP contribution >= 0.6 is 0 Å². The highest BCUT2D eigenvalue weighted by Crippen LogP contribution is 2.41. The van der Waals surface area contributed by atoms with Crippen molar-refractivity contribution in [3.63, 3.8) is 0 Å². The average Bonchev–Trinajstić information content (AvgIpc) is 2.23. The molecule has 0 aromatic carbocycles. The second-order valence-corrected chi connectivity index (χ2v) is 5.63. The fourth-order valence-electron chi connectivity index (χ4n) is 2.60. The fraction of sp³-hybridized carbons (Fsp3) is 0.714. The zero-order valence-electron chi connectivity index (χ0n) is 11.2. The normalized spacial score (nSPS) is 18.1. The maximum absolute atomic E-state index is 4.77. The van der Waals surface area contributed by atoms with Gasteiger partial charge in [-0.2, -0.15) is 0 Å². The first-order valence-corrected chi connectivity index (χ1v) is 6.63. The molecular formula is C14H23N3. The Hall–Kier alpha value is -0.960. The standard InChI is InChI=1S/C14H23N3/c1-11(2)9-12-5-8-16-13(17-12)14(10-15-3)6-4-7-14/h5,8,11,15H,4,6-7,9-10H2,1-3H3. The smallest absolute Gasteiger partial charge is 0.135 e. The van der Waals surface area contributed by atoms with Gasteiger partial charge < -0.3 is 5.32 Å². The quantitative estimate of drug-likeness (QED) is 0.848. The van der Waals surface area contributed by atoms with Gasteiger partial charge in [0.05, 0.1) is 0 Å². The van der Waals surface area contributed by atoms with Crippen molar-refractivity contribution in [3.8, 4) is 0 Å². The highest BCUT2D eigenvalue weighted by Gasteiger charge is 2.40. The minimum atomic E-state index is 0.210. The Labute approximate surface area is 104 Å². The topological polar surface area (TPSA) is 37.8 Å². The predicted octanol–water partition coefficient (Wildman–Crippen LogP) is 2.32. The molecule has 0 spiro atoms. The zero-order chi connectivity index (χ0) is 12.3. The highest BCUT2D eigenvalue weighted by molar-refractivity contribution is 5.16. The van der Waals surface area contributed by atoms with Gasteiger partial charge in [-0.1, -0.05) is 20.3 Å². The van der Waals surface area contributed by atoms with Gasteiger partial charge in [-0.15, -0.1) is 0 Å². The predicted molar refractivity (Wildman–Crippen MR) is 70.0 cm³/mol. The molecule has 0 bridgehead atoms. The lowest BCUT2D eigenvalue weighted by atomic mass is 9.68. The van der Waals surface area contributed by atoms with Crippen molar-refractivity contribution >= 4 is 0 Å². The van der Waals surface area contributed by atoms with Crippen molar-refractivity contribution in [2.24, 2.45) is 5.92 Å². The molecule has 1 N–H and O–H groups in total. The van der Waals surface area contributed by atoms with Gasteiger partial charge in [-0.05, 0) is 38.3 Å². The molecule has 1 aliphatic carbocycles. The molecule has 0 aliphatic heterocycles. The van der Waals surface area contributed by atoms with Gasteiger partial charge in [0.2, 0.25) is 0 Å². The summed E-state index contributed by atoms with van der Waals surface area (Å²) in [5, 5.41) is 3.29. The maximum Gasteiger partial charge on any atom is 0.135 e. The van der Waals surface area contributed by atoms with Crippen LogP contribution in [0.4, 0.5) is 0 Å². The van der Waals surface area contributed by atoms with E-state index in [1.165, 1.54) is 25.0 Å². The molecule has 1 heterocycles. The molecule has 1 saturated carbocycles. The van der Waals surface area contributed by atoms with Gasteiger partial charge in [0.15, 0.2) is 0 Å². The van der Waals surface area contributed by atoms with Gasteiger partial charge in [0, 0.05) is 23.9 Å². The number of aromatic nitrogens is 2. The second-order valence-electron chi connectivity index (χ2n) is 5.63. The third-order valence-electron chi connectivity index (χ3n) is 3.63. The van der Waals surface area contributed by atoms with E-state index >= 15 is 0 Å². The summed E-state index contributed by atoms with van der Waals surface area (Å²) in [5.41, 5.74) is 1.40. The number of likely N-dealkylation sites (N-methyl/N-ethyl adjacent to an activating group) is 1. The molecule has 94 valence electrons. The van der Waals surface area contributed by atoms with E-state index in [1.807, 2.05) is 13.2 Å². The van der Waals surface area contributed by atoms with Crippen LogP contribution in [0.15, 0.2) is 12.3 Å². The molecule has 1 aromatic rings. The van der Waals surface area contributed by atoms with Crippen LogP contribution in [0.2, 0.25) is 0 Å². The molecule has 0 unspecified atom stereocenters. The Morgan fingerprint density at radius 2 is 2.18 bits per heavy atom. The molecule has 1 aliphatic rings. The largest absolute Gasteiger partial charge is 0.319 e.